The van der Waals surface area contributed by atoms with Crippen LogP contribution < -0.4 is 0 Å². The van der Waals surface area contributed by atoms with Gasteiger partial charge in [0.25, 0.3) is 0 Å². The Morgan fingerprint density at radius 3 is 2.00 bits per heavy atom. The van der Waals surface area contributed by atoms with Crippen molar-refractivity contribution in [1.29, 1.82) is 0 Å². The average molecular weight is 428 g/mol. The van der Waals surface area contributed by atoms with E-state index in [0.29, 0.717) is 21.8 Å². The summed E-state index contributed by atoms with van der Waals surface area (Å²) in [4.78, 5) is 22.8. The van der Waals surface area contributed by atoms with Gasteiger partial charge in [-0.25, -0.2) is 9.59 Å². The molecule has 0 aliphatic carbocycles. The van der Waals surface area contributed by atoms with Crippen LogP contribution >= 0.6 is 31.9 Å². The van der Waals surface area contributed by atoms with Crippen molar-refractivity contribution in [2.75, 3.05) is 23.9 Å². The summed E-state index contributed by atoms with van der Waals surface area (Å²) in [7, 11) is 0. The van der Waals surface area contributed by atoms with Gasteiger partial charge in [-0.15, -0.1) is 0 Å². The molecule has 0 saturated carbocycles. The Balaban J connectivity index is 3.94. The maximum Gasteiger partial charge on any atom is 0.334 e. The molecule has 0 aliphatic rings. The first-order valence-electron chi connectivity index (χ1n) is 6.29. The second kappa shape index (κ2) is 11.0. The average Bonchev–Trinajstić information content (AvgIpc) is 2.48. The van der Waals surface area contributed by atoms with E-state index >= 15 is 0 Å². The zero-order valence-corrected chi connectivity index (χ0v) is 15.4. The van der Waals surface area contributed by atoms with Crippen molar-refractivity contribution < 1.29 is 23.8 Å². The third-order valence-corrected chi connectivity index (χ3v) is 3.63. The van der Waals surface area contributed by atoms with Crippen molar-refractivity contribution in [2.45, 2.75) is 26.1 Å². The van der Waals surface area contributed by atoms with E-state index < -0.39 is 18.0 Å². The van der Waals surface area contributed by atoms with Crippen LogP contribution in [0.15, 0.2) is 24.3 Å². The van der Waals surface area contributed by atoms with Crippen LogP contribution in [0.25, 0.3) is 0 Å². The van der Waals surface area contributed by atoms with E-state index in [1.54, 1.807) is 13.8 Å². The molecular formula is C14H20Br2O5. The van der Waals surface area contributed by atoms with Gasteiger partial charge in [-0.2, -0.15) is 0 Å². The van der Waals surface area contributed by atoms with E-state index in [-0.39, 0.29) is 19.3 Å². The second-order valence-electron chi connectivity index (χ2n) is 4.43. The molecule has 2 unspecified atom stereocenters. The van der Waals surface area contributed by atoms with Gasteiger partial charge in [0, 0.05) is 21.8 Å². The van der Waals surface area contributed by atoms with E-state index in [4.69, 9.17) is 14.2 Å². The SMILES string of the molecule is C=C(CBr)C(=O)OCC(C)OCC(C)OC(=O)C(=C)CBr. The molecule has 0 spiro atoms. The third-order valence-electron chi connectivity index (χ3n) is 2.27. The highest BCUT2D eigenvalue weighted by molar-refractivity contribution is 9.09. The predicted molar refractivity (Wildman–Crippen MR) is 87.8 cm³/mol. The topological polar surface area (TPSA) is 61.8 Å². The van der Waals surface area contributed by atoms with Crippen LogP contribution in [0.5, 0.6) is 0 Å². The number of carbonyl (C=O) groups is 2. The molecule has 120 valence electrons. The van der Waals surface area contributed by atoms with Crippen LogP contribution in [0.1, 0.15) is 13.8 Å². The summed E-state index contributed by atoms with van der Waals surface area (Å²) in [6.45, 7) is 10.9. The quantitative estimate of drug-likeness (QED) is 0.304. The van der Waals surface area contributed by atoms with E-state index in [1.807, 2.05) is 0 Å². The number of ether oxygens (including phenoxy) is 3. The third kappa shape index (κ3) is 9.06. The number of hydrogen-bond acceptors (Lipinski definition) is 5. The summed E-state index contributed by atoms with van der Waals surface area (Å²) < 4.78 is 15.6. The summed E-state index contributed by atoms with van der Waals surface area (Å²) in [6.07, 6.45) is -0.721. The lowest BCUT2D eigenvalue weighted by molar-refractivity contribution is -0.149. The first-order valence-corrected chi connectivity index (χ1v) is 8.53. The van der Waals surface area contributed by atoms with Gasteiger partial charge in [-0.1, -0.05) is 45.0 Å². The van der Waals surface area contributed by atoms with E-state index in [2.05, 4.69) is 45.0 Å². The summed E-state index contributed by atoms with van der Waals surface area (Å²) >= 11 is 6.25. The predicted octanol–water partition coefficient (Wildman–Crippen LogP) is 2.77. The monoisotopic (exact) mass is 426 g/mol. The number of hydrogen-bond donors (Lipinski definition) is 0. The first-order chi connectivity index (χ1) is 9.81. The van der Waals surface area contributed by atoms with Crippen LogP contribution in [-0.4, -0.2) is 48.0 Å². The maximum absolute atomic E-state index is 11.5. The summed E-state index contributed by atoms with van der Waals surface area (Å²) in [5.41, 5.74) is 0.690. The van der Waals surface area contributed by atoms with Crippen molar-refractivity contribution in [3.05, 3.63) is 24.3 Å². The van der Waals surface area contributed by atoms with Gasteiger partial charge in [0.05, 0.1) is 12.7 Å². The van der Waals surface area contributed by atoms with Crippen molar-refractivity contribution in [3.63, 3.8) is 0 Å². The van der Waals surface area contributed by atoms with Crippen LogP contribution in [0.3, 0.4) is 0 Å². The molecule has 0 rings (SSSR count). The van der Waals surface area contributed by atoms with Crippen molar-refractivity contribution >= 4 is 43.8 Å². The maximum atomic E-state index is 11.5. The van der Waals surface area contributed by atoms with Crippen molar-refractivity contribution in [2.24, 2.45) is 0 Å². The van der Waals surface area contributed by atoms with E-state index in [9.17, 15) is 9.59 Å². The zero-order valence-electron chi connectivity index (χ0n) is 12.2. The Morgan fingerprint density at radius 1 is 0.952 bits per heavy atom. The van der Waals surface area contributed by atoms with Crippen molar-refractivity contribution in [3.8, 4) is 0 Å². The molecular weight excluding hydrogens is 408 g/mol. The van der Waals surface area contributed by atoms with Gasteiger partial charge in [0.1, 0.15) is 12.7 Å². The van der Waals surface area contributed by atoms with Crippen molar-refractivity contribution in [1.82, 2.24) is 0 Å². The van der Waals surface area contributed by atoms with Gasteiger partial charge in [0.2, 0.25) is 0 Å². The van der Waals surface area contributed by atoms with Gasteiger partial charge in [0.15, 0.2) is 0 Å². The van der Waals surface area contributed by atoms with E-state index in [0.717, 1.165) is 0 Å². The number of carbonyl (C=O) groups excluding carboxylic acids is 2. The highest BCUT2D eigenvalue weighted by Crippen LogP contribution is 2.05. The molecule has 0 fully saturated rings. The molecule has 0 N–H and O–H groups in total. The standard InChI is InChI=1S/C14H20Br2O5/c1-9(5-15)13(17)20-7-11(3)19-8-12(4)21-14(18)10(2)6-16/h11-12H,1-2,5-8H2,3-4H3. The summed E-state index contributed by atoms with van der Waals surface area (Å²) in [5.74, 6) is -0.925. The minimum atomic E-state index is -0.463. The fourth-order valence-corrected chi connectivity index (χ4v) is 1.51. The molecule has 0 aromatic carbocycles. The zero-order chi connectivity index (χ0) is 16.4. The second-order valence-corrected chi connectivity index (χ2v) is 5.55. The number of halogens is 2. The highest BCUT2D eigenvalue weighted by atomic mass is 79.9. The lowest BCUT2D eigenvalue weighted by atomic mass is 10.3. The lowest BCUT2D eigenvalue weighted by Crippen LogP contribution is -2.27. The summed E-state index contributed by atoms with van der Waals surface area (Å²) in [5, 5.41) is 0.731. The fraction of sp³-hybridized carbons (Fsp3) is 0.571. The van der Waals surface area contributed by atoms with Crippen LogP contribution in [-0.2, 0) is 23.8 Å². The number of rotatable bonds is 10. The van der Waals surface area contributed by atoms with Crippen LogP contribution in [0.2, 0.25) is 0 Å². The Kier molecular flexibility index (Phi) is 10.6. The largest absolute Gasteiger partial charge is 0.460 e. The lowest BCUT2D eigenvalue weighted by Gasteiger charge is -2.18. The van der Waals surface area contributed by atoms with Gasteiger partial charge in [-0.05, 0) is 13.8 Å². The Bertz CT molecular complexity index is 395. The van der Waals surface area contributed by atoms with E-state index in [1.165, 1.54) is 0 Å². The molecule has 0 aromatic heterocycles. The highest BCUT2D eigenvalue weighted by Gasteiger charge is 2.15. The number of esters is 2. The van der Waals surface area contributed by atoms with Crippen LogP contribution in [0.4, 0.5) is 0 Å². The number of alkyl halides is 2. The molecule has 0 heterocycles. The Hall–Kier alpha value is -0.660. The summed E-state index contributed by atoms with van der Waals surface area (Å²) in [6, 6.07) is 0. The molecule has 0 aromatic rings. The van der Waals surface area contributed by atoms with Crippen LogP contribution in [0, 0.1) is 0 Å². The molecule has 7 heteroatoms. The molecule has 0 saturated heterocycles. The first kappa shape index (κ1) is 20.3. The normalized spacial score (nSPS) is 13.1. The minimum Gasteiger partial charge on any atom is -0.460 e. The molecule has 21 heavy (non-hydrogen) atoms. The van der Waals surface area contributed by atoms with Gasteiger partial charge < -0.3 is 14.2 Å². The Morgan fingerprint density at radius 2 is 1.48 bits per heavy atom. The molecule has 0 radical (unpaired) electrons. The smallest absolute Gasteiger partial charge is 0.334 e. The minimum absolute atomic E-state index is 0.111. The fourth-order valence-electron chi connectivity index (χ4n) is 1.05. The molecule has 2 atom stereocenters. The molecule has 0 aliphatic heterocycles. The Labute approximate surface area is 142 Å². The van der Waals surface area contributed by atoms with Gasteiger partial charge >= 0.3 is 11.9 Å². The molecule has 0 amide bonds. The van der Waals surface area contributed by atoms with Gasteiger partial charge in [-0.3, -0.25) is 0 Å². The molecule has 5 nitrogen and oxygen atoms in total. The molecule has 0 bridgehead atoms.